The standard InChI is InChI=1S/C21H28F2N4O4S/c1-4-31-20(30)15-10-25-18(19-24-5-6-32-19)26-16(15)11-27-13(3)21(22,23)9-14(27)7-12(2)8-17(28)29/h5-6,12-14H,4,7-11H2,1-3H3,(H,25,26)(H,28,29). The number of carbonyl (C=O) groups excluding carboxylic acids is 1. The number of esters is 1. The third-order valence-electron chi connectivity index (χ3n) is 5.81. The molecule has 32 heavy (non-hydrogen) atoms. The monoisotopic (exact) mass is 470 g/mol. The summed E-state index contributed by atoms with van der Waals surface area (Å²) in [7, 11) is 0. The lowest BCUT2D eigenvalue weighted by molar-refractivity contribution is -0.139. The van der Waals surface area contributed by atoms with Crippen LogP contribution in [0.1, 0.15) is 45.0 Å². The van der Waals surface area contributed by atoms with Crippen LogP contribution in [-0.2, 0) is 14.3 Å². The van der Waals surface area contributed by atoms with Crippen LogP contribution in [-0.4, -0.2) is 70.5 Å². The average molecular weight is 471 g/mol. The first-order valence-corrected chi connectivity index (χ1v) is 11.5. The Hall–Kier alpha value is -2.40. The zero-order chi connectivity index (χ0) is 23.5. The van der Waals surface area contributed by atoms with E-state index < -0.39 is 29.9 Å². The van der Waals surface area contributed by atoms with Gasteiger partial charge >= 0.3 is 11.9 Å². The number of hydrogen-bond acceptors (Lipinski definition) is 8. The third-order valence-corrected chi connectivity index (χ3v) is 6.59. The molecule has 0 amide bonds. The van der Waals surface area contributed by atoms with E-state index in [1.165, 1.54) is 18.3 Å². The van der Waals surface area contributed by atoms with Gasteiger partial charge in [0.05, 0.1) is 24.8 Å². The lowest BCUT2D eigenvalue weighted by atomic mass is 9.96. The maximum absolute atomic E-state index is 14.7. The number of aliphatic carboxylic acids is 1. The second-order valence-corrected chi connectivity index (χ2v) is 9.11. The van der Waals surface area contributed by atoms with Crippen LogP contribution in [0.4, 0.5) is 8.78 Å². The number of amidine groups is 1. The first-order chi connectivity index (χ1) is 15.1. The van der Waals surface area contributed by atoms with Gasteiger partial charge in [-0.3, -0.25) is 14.7 Å². The minimum atomic E-state index is -2.92. The number of carboxylic acids is 1. The Kier molecular flexibility index (Phi) is 7.60. The van der Waals surface area contributed by atoms with E-state index in [0.717, 1.165) is 0 Å². The predicted molar refractivity (Wildman–Crippen MR) is 116 cm³/mol. The summed E-state index contributed by atoms with van der Waals surface area (Å²) in [6, 6.07) is -1.58. The van der Waals surface area contributed by atoms with E-state index in [9.17, 15) is 18.4 Å². The molecule has 2 aliphatic rings. The number of nitrogens with zero attached hydrogens (tertiary/aromatic N) is 3. The van der Waals surface area contributed by atoms with Crippen molar-refractivity contribution in [1.82, 2.24) is 15.2 Å². The number of halogens is 2. The van der Waals surface area contributed by atoms with Gasteiger partial charge in [-0.05, 0) is 26.2 Å². The van der Waals surface area contributed by atoms with Gasteiger partial charge < -0.3 is 15.2 Å². The molecule has 0 spiro atoms. The normalized spacial score (nSPS) is 24.1. The molecule has 3 atom stereocenters. The molecule has 1 aromatic rings. The molecule has 2 aliphatic heterocycles. The summed E-state index contributed by atoms with van der Waals surface area (Å²) < 4.78 is 34.5. The Morgan fingerprint density at radius 1 is 1.47 bits per heavy atom. The van der Waals surface area contributed by atoms with Crippen molar-refractivity contribution in [3.8, 4) is 0 Å². The number of ether oxygens (including phenoxy) is 1. The first kappa shape index (κ1) is 24.2. The second-order valence-electron chi connectivity index (χ2n) is 8.21. The molecule has 3 unspecified atom stereocenters. The highest BCUT2D eigenvalue weighted by atomic mass is 32.1. The Balaban J connectivity index is 1.86. The minimum Gasteiger partial charge on any atom is -0.481 e. The molecular weight excluding hydrogens is 442 g/mol. The second kappa shape index (κ2) is 10.0. The number of aromatic nitrogens is 1. The van der Waals surface area contributed by atoms with Crippen molar-refractivity contribution in [3.63, 3.8) is 0 Å². The van der Waals surface area contributed by atoms with Crippen LogP contribution in [0.15, 0.2) is 27.8 Å². The summed E-state index contributed by atoms with van der Waals surface area (Å²) in [6.07, 6.45) is 1.52. The molecule has 0 saturated carbocycles. The maximum Gasteiger partial charge on any atom is 0.337 e. The number of aliphatic imine (C=N–C) groups is 1. The topological polar surface area (TPSA) is 104 Å². The quantitative estimate of drug-likeness (QED) is 0.535. The van der Waals surface area contributed by atoms with Crippen molar-refractivity contribution in [2.45, 2.75) is 58.0 Å². The van der Waals surface area contributed by atoms with E-state index in [2.05, 4.69) is 15.3 Å². The highest BCUT2D eigenvalue weighted by molar-refractivity contribution is 7.11. The van der Waals surface area contributed by atoms with Gasteiger partial charge in [0.2, 0.25) is 0 Å². The predicted octanol–water partition coefficient (Wildman–Crippen LogP) is 2.91. The fraction of sp³-hybridized carbons (Fsp3) is 0.619. The number of thiazole rings is 1. The smallest absolute Gasteiger partial charge is 0.337 e. The van der Waals surface area contributed by atoms with E-state index in [4.69, 9.17) is 9.84 Å². The Labute approximate surface area is 189 Å². The number of nitrogens with one attached hydrogen (secondary N) is 1. The molecule has 11 heteroatoms. The van der Waals surface area contributed by atoms with Gasteiger partial charge in [0.15, 0.2) is 10.8 Å². The van der Waals surface area contributed by atoms with Gasteiger partial charge in [0.1, 0.15) is 0 Å². The summed E-state index contributed by atoms with van der Waals surface area (Å²) in [5.74, 6) is -4.18. The van der Waals surface area contributed by atoms with Crippen molar-refractivity contribution in [2.75, 3.05) is 19.7 Å². The van der Waals surface area contributed by atoms with Gasteiger partial charge in [0.25, 0.3) is 5.92 Å². The van der Waals surface area contributed by atoms with Crippen LogP contribution in [0.5, 0.6) is 0 Å². The van der Waals surface area contributed by atoms with Crippen LogP contribution in [0.2, 0.25) is 0 Å². The van der Waals surface area contributed by atoms with Crippen molar-refractivity contribution in [3.05, 3.63) is 27.9 Å². The lowest BCUT2D eigenvalue weighted by Crippen LogP contribution is -2.45. The van der Waals surface area contributed by atoms with Gasteiger partial charge in [-0.25, -0.2) is 18.6 Å². The van der Waals surface area contributed by atoms with Crippen molar-refractivity contribution < 1.29 is 28.2 Å². The molecule has 0 aromatic carbocycles. The van der Waals surface area contributed by atoms with Crippen molar-refractivity contribution in [2.24, 2.45) is 10.9 Å². The summed E-state index contributed by atoms with van der Waals surface area (Å²) >= 11 is 1.38. The number of rotatable bonds is 9. The Morgan fingerprint density at radius 2 is 2.22 bits per heavy atom. The minimum absolute atomic E-state index is 0.0643. The molecule has 3 heterocycles. The largest absolute Gasteiger partial charge is 0.481 e. The Bertz CT molecular complexity index is 904. The number of hydrogen-bond donors (Lipinski definition) is 2. The molecule has 1 aromatic heterocycles. The van der Waals surface area contributed by atoms with Crippen molar-refractivity contribution in [1.29, 1.82) is 0 Å². The number of alkyl halides is 2. The molecule has 2 N–H and O–H groups in total. The molecule has 8 nitrogen and oxygen atoms in total. The zero-order valence-electron chi connectivity index (χ0n) is 18.3. The maximum atomic E-state index is 14.7. The highest BCUT2D eigenvalue weighted by Gasteiger charge is 2.51. The highest BCUT2D eigenvalue weighted by Crippen LogP contribution is 2.41. The van der Waals surface area contributed by atoms with E-state index >= 15 is 0 Å². The average Bonchev–Trinajstić information content (AvgIpc) is 3.31. The molecule has 0 radical (unpaired) electrons. The first-order valence-electron chi connectivity index (χ1n) is 10.6. The van der Waals surface area contributed by atoms with Crippen LogP contribution < -0.4 is 5.32 Å². The molecule has 0 aliphatic carbocycles. The number of carbonyl (C=O) groups is 2. The number of likely N-dealkylation sites (tertiary alicyclic amines) is 1. The fourth-order valence-electron chi connectivity index (χ4n) is 4.19. The summed E-state index contributed by atoms with van der Waals surface area (Å²) in [5.41, 5.74) is 0.760. The number of carboxylic acid groups (broad SMARTS) is 1. The van der Waals surface area contributed by atoms with E-state index in [1.54, 1.807) is 30.3 Å². The SMILES string of the molecule is CCOC(=O)C1=C(CN2C(CC(C)CC(=O)O)CC(F)(F)C2C)NC(c2nccs2)=NC1. The van der Waals surface area contributed by atoms with Gasteiger partial charge in [-0.1, -0.05) is 6.92 Å². The Morgan fingerprint density at radius 3 is 2.84 bits per heavy atom. The molecule has 0 bridgehead atoms. The summed E-state index contributed by atoms with van der Waals surface area (Å²) in [4.78, 5) is 33.9. The van der Waals surface area contributed by atoms with Crippen molar-refractivity contribution >= 4 is 29.1 Å². The fourth-order valence-corrected chi connectivity index (χ4v) is 4.79. The molecule has 176 valence electrons. The van der Waals surface area contributed by atoms with E-state index in [0.29, 0.717) is 28.5 Å². The zero-order valence-corrected chi connectivity index (χ0v) is 19.1. The van der Waals surface area contributed by atoms with Gasteiger partial charge in [-0.2, -0.15) is 0 Å². The van der Waals surface area contributed by atoms with Gasteiger partial charge in [0, 0.05) is 42.7 Å². The van der Waals surface area contributed by atoms with Crippen LogP contribution >= 0.6 is 11.3 Å². The summed E-state index contributed by atoms with van der Waals surface area (Å²) in [5, 5.41) is 14.6. The van der Waals surface area contributed by atoms with E-state index in [1.807, 2.05) is 0 Å². The van der Waals surface area contributed by atoms with Crippen LogP contribution in [0, 0.1) is 5.92 Å². The molecule has 1 fully saturated rings. The van der Waals surface area contributed by atoms with E-state index in [-0.39, 0.29) is 38.5 Å². The van der Waals surface area contributed by atoms with Gasteiger partial charge in [-0.15, -0.1) is 11.3 Å². The summed E-state index contributed by atoms with van der Waals surface area (Å²) in [6.45, 7) is 5.23. The lowest BCUT2D eigenvalue weighted by Gasteiger charge is -2.32. The molecular formula is C21H28F2N4O4S. The molecule has 3 rings (SSSR count). The van der Waals surface area contributed by atoms with Crippen LogP contribution in [0.25, 0.3) is 0 Å². The third kappa shape index (κ3) is 5.50. The van der Waals surface area contributed by atoms with Crippen LogP contribution in [0.3, 0.4) is 0 Å². The molecule has 1 saturated heterocycles.